The summed E-state index contributed by atoms with van der Waals surface area (Å²) in [6.07, 6.45) is 0. The molecule has 0 spiro atoms. The largest absolute Gasteiger partial charge is 0.351 e. The topological polar surface area (TPSA) is 44.9 Å². The molecule has 0 bridgehead atoms. The molecule has 100 valence electrons. The minimum absolute atomic E-state index is 0.245. The average molecular weight is 380 g/mol. The van der Waals surface area contributed by atoms with E-state index in [1.807, 2.05) is 46.9 Å². The third kappa shape index (κ3) is 2.53. The minimum Gasteiger partial charge on any atom is -0.351 e. The number of nitrogens with one attached hydrogen (secondary N) is 2. The molecule has 2 aromatic carbocycles. The molecule has 0 aliphatic heterocycles. The molecule has 0 aliphatic carbocycles. The van der Waals surface area contributed by atoms with Gasteiger partial charge in [0.25, 0.3) is 5.91 Å². The molecule has 5 heteroatoms. The highest BCUT2D eigenvalue weighted by molar-refractivity contribution is 14.1. The zero-order chi connectivity index (χ0) is 14.1. The van der Waals surface area contributed by atoms with Crippen LogP contribution in [0.1, 0.15) is 10.5 Å². The van der Waals surface area contributed by atoms with Crippen molar-refractivity contribution < 1.29 is 9.18 Å². The zero-order valence-corrected chi connectivity index (χ0v) is 12.4. The summed E-state index contributed by atoms with van der Waals surface area (Å²) in [7, 11) is 0. The van der Waals surface area contributed by atoms with E-state index in [9.17, 15) is 9.18 Å². The Labute approximate surface area is 128 Å². The summed E-state index contributed by atoms with van der Waals surface area (Å²) in [6.45, 7) is 0. The predicted molar refractivity (Wildman–Crippen MR) is 85.4 cm³/mol. The fraction of sp³-hybridized carbons (Fsp3) is 0. The van der Waals surface area contributed by atoms with Crippen LogP contribution in [0.25, 0.3) is 10.9 Å². The van der Waals surface area contributed by atoms with Gasteiger partial charge in [-0.3, -0.25) is 4.79 Å². The Hall–Kier alpha value is -1.89. The van der Waals surface area contributed by atoms with Gasteiger partial charge in [0.15, 0.2) is 0 Å². The van der Waals surface area contributed by atoms with Crippen LogP contribution < -0.4 is 5.32 Å². The van der Waals surface area contributed by atoms with Crippen LogP contribution in [-0.2, 0) is 0 Å². The Morgan fingerprint density at radius 3 is 2.70 bits per heavy atom. The number of amides is 1. The van der Waals surface area contributed by atoms with Crippen molar-refractivity contribution in [1.29, 1.82) is 0 Å². The fourth-order valence-electron chi connectivity index (χ4n) is 1.98. The maximum Gasteiger partial charge on any atom is 0.272 e. The van der Waals surface area contributed by atoms with E-state index in [-0.39, 0.29) is 11.7 Å². The summed E-state index contributed by atoms with van der Waals surface area (Å²) in [5.74, 6) is -0.566. The number of anilines is 1. The monoisotopic (exact) mass is 380 g/mol. The Bertz CT molecular complexity index is 764. The standard InChI is InChI=1S/C15H10FIN2O/c16-10-5-6-13(11(17)8-10)19-15(20)14-7-9-3-1-2-4-12(9)18-14/h1-8,18H,(H,19,20). The van der Waals surface area contributed by atoms with Gasteiger partial charge in [-0.2, -0.15) is 0 Å². The Morgan fingerprint density at radius 1 is 1.15 bits per heavy atom. The number of para-hydroxylation sites is 1. The first-order chi connectivity index (χ1) is 9.63. The third-order valence-electron chi connectivity index (χ3n) is 2.95. The number of halogens is 2. The molecule has 1 heterocycles. The maximum absolute atomic E-state index is 13.0. The number of hydrogen-bond donors (Lipinski definition) is 2. The molecule has 1 amide bonds. The number of aromatic nitrogens is 1. The van der Waals surface area contributed by atoms with Crippen molar-refractivity contribution in [2.24, 2.45) is 0 Å². The minimum atomic E-state index is -0.321. The van der Waals surface area contributed by atoms with Crippen LogP contribution >= 0.6 is 22.6 Å². The SMILES string of the molecule is O=C(Nc1ccc(F)cc1I)c1cc2ccccc2[nH]1. The van der Waals surface area contributed by atoms with Gasteiger partial charge < -0.3 is 10.3 Å². The number of benzene rings is 2. The van der Waals surface area contributed by atoms with Gasteiger partial charge in [0.1, 0.15) is 11.5 Å². The lowest BCUT2D eigenvalue weighted by atomic mass is 10.2. The van der Waals surface area contributed by atoms with Crippen LogP contribution in [0.3, 0.4) is 0 Å². The van der Waals surface area contributed by atoms with Gasteiger partial charge in [-0.15, -0.1) is 0 Å². The molecular formula is C15H10FIN2O. The molecule has 0 radical (unpaired) electrons. The van der Waals surface area contributed by atoms with Gasteiger partial charge in [-0.05, 0) is 52.9 Å². The van der Waals surface area contributed by atoms with Gasteiger partial charge in [0.2, 0.25) is 0 Å². The second-order valence-electron chi connectivity index (χ2n) is 4.35. The number of H-pyrrole nitrogens is 1. The van der Waals surface area contributed by atoms with Crippen LogP contribution in [0.5, 0.6) is 0 Å². The van der Waals surface area contributed by atoms with Gasteiger partial charge in [-0.25, -0.2) is 4.39 Å². The average Bonchev–Trinajstić information content (AvgIpc) is 2.86. The highest BCUT2D eigenvalue weighted by atomic mass is 127. The number of rotatable bonds is 2. The molecule has 1 aromatic heterocycles. The number of hydrogen-bond acceptors (Lipinski definition) is 1. The Morgan fingerprint density at radius 2 is 1.95 bits per heavy atom. The number of carbonyl (C=O) groups excluding carboxylic acids is 1. The summed E-state index contributed by atoms with van der Waals surface area (Å²) in [5.41, 5.74) is 1.98. The van der Waals surface area contributed by atoms with E-state index >= 15 is 0 Å². The van der Waals surface area contributed by atoms with E-state index in [1.165, 1.54) is 12.1 Å². The van der Waals surface area contributed by atoms with Crippen LogP contribution in [0, 0.1) is 9.39 Å². The molecule has 0 unspecified atom stereocenters. The Balaban J connectivity index is 1.89. The summed E-state index contributed by atoms with van der Waals surface area (Å²) in [6, 6.07) is 13.7. The molecule has 0 fully saturated rings. The van der Waals surface area contributed by atoms with Gasteiger partial charge in [0, 0.05) is 14.5 Å². The predicted octanol–water partition coefficient (Wildman–Crippen LogP) is 4.16. The van der Waals surface area contributed by atoms with Crippen LogP contribution in [-0.4, -0.2) is 10.9 Å². The molecule has 0 atom stereocenters. The summed E-state index contributed by atoms with van der Waals surface area (Å²) in [4.78, 5) is 15.2. The first kappa shape index (κ1) is 13.1. The van der Waals surface area contributed by atoms with Crippen molar-refractivity contribution in [3.05, 3.63) is 63.6 Å². The van der Waals surface area contributed by atoms with E-state index in [1.54, 1.807) is 12.1 Å². The number of carbonyl (C=O) groups is 1. The van der Waals surface area contributed by atoms with E-state index in [0.29, 0.717) is 15.0 Å². The van der Waals surface area contributed by atoms with Gasteiger partial charge in [0.05, 0.1) is 5.69 Å². The van der Waals surface area contributed by atoms with Gasteiger partial charge in [-0.1, -0.05) is 18.2 Å². The van der Waals surface area contributed by atoms with E-state index < -0.39 is 0 Å². The second-order valence-corrected chi connectivity index (χ2v) is 5.51. The van der Waals surface area contributed by atoms with Crippen molar-refractivity contribution >= 4 is 45.1 Å². The first-order valence-electron chi connectivity index (χ1n) is 5.97. The number of aromatic amines is 1. The Kier molecular flexibility index (Phi) is 3.43. The van der Waals surface area contributed by atoms with Crippen molar-refractivity contribution in [3.8, 4) is 0 Å². The molecule has 0 saturated carbocycles. The summed E-state index contributed by atoms with van der Waals surface area (Å²) < 4.78 is 13.7. The van der Waals surface area contributed by atoms with E-state index in [0.717, 1.165) is 10.9 Å². The van der Waals surface area contributed by atoms with E-state index in [2.05, 4.69) is 10.3 Å². The lowest BCUT2D eigenvalue weighted by Gasteiger charge is -2.06. The maximum atomic E-state index is 13.0. The van der Waals surface area contributed by atoms with Crippen molar-refractivity contribution in [3.63, 3.8) is 0 Å². The molecule has 0 aliphatic rings. The van der Waals surface area contributed by atoms with Crippen LogP contribution in [0.15, 0.2) is 48.5 Å². The molecular weight excluding hydrogens is 370 g/mol. The quantitative estimate of drug-likeness (QED) is 0.645. The summed E-state index contributed by atoms with van der Waals surface area (Å²) in [5, 5.41) is 3.75. The normalized spacial score (nSPS) is 10.7. The molecule has 0 saturated heterocycles. The highest BCUT2D eigenvalue weighted by Gasteiger charge is 2.11. The highest BCUT2D eigenvalue weighted by Crippen LogP contribution is 2.21. The second kappa shape index (κ2) is 5.24. The van der Waals surface area contributed by atoms with Crippen molar-refractivity contribution in [2.75, 3.05) is 5.32 Å². The van der Waals surface area contributed by atoms with Crippen molar-refractivity contribution in [2.45, 2.75) is 0 Å². The van der Waals surface area contributed by atoms with Crippen LogP contribution in [0.2, 0.25) is 0 Å². The number of fused-ring (bicyclic) bond motifs is 1. The lowest BCUT2D eigenvalue weighted by molar-refractivity contribution is 0.102. The molecule has 3 rings (SSSR count). The van der Waals surface area contributed by atoms with E-state index in [4.69, 9.17) is 0 Å². The lowest BCUT2D eigenvalue weighted by Crippen LogP contribution is -2.13. The molecule has 2 N–H and O–H groups in total. The smallest absolute Gasteiger partial charge is 0.272 e. The molecule has 3 aromatic rings. The molecule has 3 nitrogen and oxygen atoms in total. The zero-order valence-electron chi connectivity index (χ0n) is 10.3. The molecule has 20 heavy (non-hydrogen) atoms. The third-order valence-corrected chi connectivity index (χ3v) is 3.85. The fourth-order valence-corrected chi connectivity index (χ4v) is 2.59. The van der Waals surface area contributed by atoms with Crippen LogP contribution in [0.4, 0.5) is 10.1 Å². The van der Waals surface area contributed by atoms with Gasteiger partial charge >= 0.3 is 0 Å². The first-order valence-corrected chi connectivity index (χ1v) is 7.05. The van der Waals surface area contributed by atoms with Crippen molar-refractivity contribution in [1.82, 2.24) is 4.98 Å². The summed E-state index contributed by atoms with van der Waals surface area (Å²) >= 11 is 1.99.